The van der Waals surface area contributed by atoms with Crippen LogP contribution in [-0.2, 0) is 4.79 Å². The van der Waals surface area contributed by atoms with Crippen LogP contribution in [0.3, 0.4) is 0 Å². The molecule has 1 saturated heterocycles. The molecule has 2 unspecified atom stereocenters. The Kier molecular flexibility index (Phi) is 6.81. The zero-order valence-electron chi connectivity index (χ0n) is 16.5. The van der Waals surface area contributed by atoms with Crippen molar-refractivity contribution in [3.63, 3.8) is 0 Å². The summed E-state index contributed by atoms with van der Waals surface area (Å²) in [5, 5.41) is 11.3. The molecule has 0 aliphatic carbocycles. The quantitative estimate of drug-likeness (QED) is 0.459. The lowest BCUT2D eigenvalue weighted by atomic mass is 10.0. The van der Waals surface area contributed by atoms with Gasteiger partial charge in [-0.1, -0.05) is 46.9 Å². The maximum absolute atomic E-state index is 13.2. The Morgan fingerprint density at radius 3 is 2.16 bits per heavy atom. The largest absolute Gasteiger partial charge is 0.340 e. The fourth-order valence-corrected chi connectivity index (χ4v) is 4.20. The molecule has 7 nitrogen and oxygen atoms in total. The maximum Gasteiger partial charge on any atom is 0.340 e. The average molecular weight is 513 g/mol. The van der Waals surface area contributed by atoms with Crippen LogP contribution < -0.4 is 5.32 Å². The number of benzene rings is 2. The van der Waals surface area contributed by atoms with Gasteiger partial charge in [-0.05, 0) is 42.0 Å². The molecule has 4 rings (SSSR count). The van der Waals surface area contributed by atoms with Crippen LogP contribution in [0.2, 0.25) is 15.1 Å². The van der Waals surface area contributed by atoms with Crippen LogP contribution in [0.4, 0.5) is 10.5 Å². The van der Waals surface area contributed by atoms with Gasteiger partial charge in [-0.15, -0.1) is 11.6 Å². The minimum Gasteiger partial charge on any atom is -0.306 e. The number of carbonyl (C=O) groups excluding carboxylic acids is 2. The Hall–Kier alpha value is -2.45. The first kappa shape index (κ1) is 22.7. The van der Waals surface area contributed by atoms with Crippen molar-refractivity contribution in [2.24, 2.45) is 0 Å². The first-order valence-corrected chi connectivity index (χ1v) is 11.2. The summed E-state index contributed by atoms with van der Waals surface area (Å²) in [6.45, 7) is 0.160. The molecule has 0 spiro atoms. The lowest BCUT2D eigenvalue weighted by Gasteiger charge is -2.32. The summed E-state index contributed by atoms with van der Waals surface area (Å²) in [5.41, 5.74) is 1.30. The second-order valence-corrected chi connectivity index (χ2v) is 8.67. The summed E-state index contributed by atoms with van der Waals surface area (Å²) in [6, 6.07) is 12.3. The highest BCUT2D eigenvalue weighted by Gasteiger charge is 2.47. The van der Waals surface area contributed by atoms with Crippen LogP contribution in [0.25, 0.3) is 0 Å². The van der Waals surface area contributed by atoms with Crippen molar-refractivity contribution in [2.45, 2.75) is 12.1 Å². The van der Waals surface area contributed by atoms with Gasteiger partial charge in [0.05, 0.1) is 23.8 Å². The fraction of sp³-hybridized carbons (Fsp3) is 0.190. The lowest BCUT2D eigenvalue weighted by molar-refractivity contribution is -0.140. The first-order chi connectivity index (χ1) is 15.4. The van der Waals surface area contributed by atoms with Crippen molar-refractivity contribution in [3.8, 4) is 0 Å². The van der Waals surface area contributed by atoms with E-state index in [0.717, 1.165) is 5.56 Å². The predicted molar refractivity (Wildman–Crippen MR) is 125 cm³/mol. The SMILES string of the molecule is O=C(Nc1ccc(Cl)cc1)N1CC(n2cc(Cl)cn2)C(c2ccc(Cl)cc2)N1C(=O)CCl. The van der Waals surface area contributed by atoms with E-state index in [4.69, 9.17) is 46.4 Å². The van der Waals surface area contributed by atoms with Gasteiger partial charge in [-0.2, -0.15) is 5.10 Å². The summed E-state index contributed by atoms with van der Waals surface area (Å²) in [7, 11) is 0. The van der Waals surface area contributed by atoms with Crippen molar-refractivity contribution < 1.29 is 9.59 Å². The third-order valence-corrected chi connectivity index (χ3v) is 6.00. The third kappa shape index (κ3) is 4.66. The van der Waals surface area contributed by atoms with Gasteiger partial charge in [0.2, 0.25) is 0 Å². The minimum absolute atomic E-state index is 0.160. The minimum atomic E-state index is -0.564. The fourth-order valence-electron chi connectivity index (χ4n) is 3.68. The van der Waals surface area contributed by atoms with E-state index in [2.05, 4.69) is 10.4 Å². The van der Waals surface area contributed by atoms with Gasteiger partial charge in [0.1, 0.15) is 11.9 Å². The lowest BCUT2D eigenvalue weighted by Crippen LogP contribution is -2.48. The number of anilines is 1. The normalized spacial score (nSPS) is 18.1. The monoisotopic (exact) mass is 511 g/mol. The molecule has 3 amide bonds. The van der Waals surface area contributed by atoms with Crippen LogP contribution in [0.15, 0.2) is 60.9 Å². The van der Waals surface area contributed by atoms with Gasteiger partial charge in [0, 0.05) is 21.9 Å². The van der Waals surface area contributed by atoms with Crippen LogP contribution in [0.5, 0.6) is 0 Å². The van der Waals surface area contributed by atoms with Crippen LogP contribution in [0.1, 0.15) is 17.6 Å². The number of carbonyl (C=O) groups is 2. The van der Waals surface area contributed by atoms with E-state index in [0.29, 0.717) is 20.8 Å². The van der Waals surface area contributed by atoms with Crippen LogP contribution in [-0.4, -0.2) is 44.2 Å². The van der Waals surface area contributed by atoms with Gasteiger partial charge in [-0.25, -0.2) is 14.8 Å². The molecule has 0 bridgehead atoms. The predicted octanol–water partition coefficient (Wildman–Crippen LogP) is 5.66. The summed E-state index contributed by atoms with van der Waals surface area (Å²) < 4.78 is 1.64. The number of nitrogens with one attached hydrogen (secondary N) is 1. The number of hydrazine groups is 1. The molecule has 0 radical (unpaired) electrons. The summed E-state index contributed by atoms with van der Waals surface area (Å²) in [5.74, 6) is -0.736. The van der Waals surface area contributed by atoms with E-state index >= 15 is 0 Å². The molecule has 11 heteroatoms. The molecule has 166 valence electrons. The average Bonchev–Trinajstić information content (AvgIpc) is 3.39. The molecule has 2 heterocycles. The molecule has 1 aliphatic heterocycles. The smallest absolute Gasteiger partial charge is 0.306 e. The van der Waals surface area contributed by atoms with Crippen molar-refractivity contribution >= 4 is 64.0 Å². The Balaban J connectivity index is 1.73. The van der Waals surface area contributed by atoms with E-state index in [1.807, 2.05) is 0 Å². The van der Waals surface area contributed by atoms with Gasteiger partial charge >= 0.3 is 6.03 Å². The first-order valence-electron chi connectivity index (χ1n) is 9.54. The van der Waals surface area contributed by atoms with E-state index in [1.165, 1.54) is 16.2 Å². The van der Waals surface area contributed by atoms with E-state index in [-0.39, 0.29) is 12.4 Å². The molecule has 1 fully saturated rings. The van der Waals surface area contributed by atoms with Gasteiger partial charge in [0.25, 0.3) is 5.91 Å². The molecule has 2 aromatic carbocycles. The maximum atomic E-state index is 13.2. The van der Waals surface area contributed by atoms with Crippen molar-refractivity contribution in [1.29, 1.82) is 0 Å². The zero-order valence-corrected chi connectivity index (χ0v) is 19.5. The molecule has 1 aliphatic rings. The second kappa shape index (κ2) is 9.58. The van der Waals surface area contributed by atoms with Crippen molar-refractivity contribution in [2.75, 3.05) is 17.7 Å². The van der Waals surface area contributed by atoms with Crippen molar-refractivity contribution in [3.05, 3.63) is 81.6 Å². The molecular weight excluding hydrogens is 496 g/mol. The van der Waals surface area contributed by atoms with Crippen molar-refractivity contribution in [1.82, 2.24) is 19.8 Å². The number of urea groups is 1. The molecule has 3 aromatic rings. The van der Waals surface area contributed by atoms with E-state index < -0.39 is 24.0 Å². The standard InChI is InChI=1S/C21H17Cl4N5O2/c22-9-19(31)30-20(13-1-3-14(23)4-2-13)18(28-11-16(25)10-26-28)12-29(30)21(32)27-17-7-5-15(24)6-8-17/h1-8,10-11,18,20H,9,12H2,(H,27,32). The molecule has 1 N–H and O–H groups in total. The zero-order chi connectivity index (χ0) is 22.8. The third-order valence-electron chi connectivity index (χ3n) is 5.07. The number of rotatable bonds is 4. The Labute approximate surface area is 204 Å². The highest BCUT2D eigenvalue weighted by molar-refractivity contribution is 6.31. The molecule has 32 heavy (non-hydrogen) atoms. The molecular formula is C21H17Cl4N5O2. The number of aromatic nitrogens is 2. The van der Waals surface area contributed by atoms with Crippen LogP contribution >= 0.6 is 46.4 Å². The van der Waals surface area contributed by atoms with Gasteiger partial charge < -0.3 is 5.32 Å². The molecule has 2 atom stereocenters. The topological polar surface area (TPSA) is 70.5 Å². The Morgan fingerprint density at radius 1 is 0.969 bits per heavy atom. The second-order valence-electron chi connectivity index (χ2n) is 7.09. The number of alkyl halides is 1. The summed E-state index contributed by atoms with van der Waals surface area (Å²) in [4.78, 5) is 26.1. The number of nitrogens with zero attached hydrogens (tertiary/aromatic N) is 4. The highest BCUT2D eigenvalue weighted by atomic mass is 35.5. The summed E-state index contributed by atoms with van der Waals surface area (Å²) in [6.07, 6.45) is 3.16. The molecule has 1 aromatic heterocycles. The van der Waals surface area contributed by atoms with Crippen LogP contribution in [0, 0.1) is 0 Å². The van der Waals surface area contributed by atoms with Gasteiger partial charge in [-0.3, -0.25) is 9.48 Å². The number of halogens is 4. The highest BCUT2D eigenvalue weighted by Crippen LogP contribution is 2.41. The van der Waals surface area contributed by atoms with Gasteiger partial charge in [0.15, 0.2) is 0 Å². The Morgan fingerprint density at radius 2 is 1.59 bits per heavy atom. The summed E-state index contributed by atoms with van der Waals surface area (Å²) >= 11 is 24.0. The number of hydrogen-bond donors (Lipinski definition) is 1. The number of amides is 3. The van der Waals surface area contributed by atoms with E-state index in [9.17, 15) is 9.59 Å². The molecule has 0 saturated carbocycles. The van der Waals surface area contributed by atoms with E-state index in [1.54, 1.807) is 59.4 Å². The Bertz CT molecular complexity index is 1120. The number of hydrogen-bond acceptors (Lipinski definition) is 3.